The van der Waals surface area contributed by atoms with Gasteiger partial charge < -0.3 is 4.98 Å². The SMILES string of the molecule is N#Cc1cccc2[nH]c(=S)sc12. The van der Waals surface area contributed by atoms with Gasteiger partial charge >= 0.3 is 0 Å². The number of aromatic amines is 1. The van der Waals surface area contributed by atoms with E-state index in [0.717, 1.165) is 10.2 Å². The minimum atomic E-state index is 0.685. The molecule has 0 spiro atoms. The lowest BCUT2D eigenvalue weighted by atomic mass is 10.2. The van der Waals surface area contributed by atoms with Crippen LogP contribution in [0.3, 0.4) is 0 Å². The summed E-state index contributed by atoms with van der Waals surface area (Å²) in [6, 6.07) is 7.69. The van der Waals surface area contributed by atoms with Crippen molar-refractivity contribution in [3.05, 3.63) is 27.7 Å². The van der Waals surface area contributed by atoms with E-state index < -0.39 is 0 Å². The van der Waals surface area contributed by atoms with E-state index in [-0.39, 0.29) is 0 Å². The molecule has 0 radical (unpaired) electrons. The first-order valence-corrected chi connectivity index (χ1v) is 4.55. The predicted octanol–water partition coefficient (Wildman–Crippen LogP) is 2.83. The van der Waals surface area contributed by atoms with Crippen LogP contribution in [0.5, 0.6) is 0 Å². The van der Waals surface area contributed by atoms with Crippen molar-refractivity contribution in [2.45, 2.75) is 0 Å². The van der Waals surface area contributed by atoms with E-state index in [1.807, 2.05) is 12.1 Å². The molecule has 0 aliphatic heterocycles. The van der Waals surface area contributed by atoms with Gasteiger partial charge in [-0.2, -0.15) is 5.26 Å². The zero-order chi connectivity index (χ0) is 8.55. The molecule has 12 heavy (non-hydrogen) atoms. The molecule has 0 unspecified atom stereocenters. The number of aromatic nitrogens is 1. The summed E-state index contributed by atoms with van der Waals surface area (Å²) in [6.45, 7) is 0. The van der Waals surface area contributed by atoms with Gasteiger partial charge in [-0.15, -0.1) is 11.3 Å². The Morgan fingerprint density at radius 1 is 1.50 bits per heavy atom. The molecule has 58 valence electrons. The number of rotatable bonds is 0. The van der Waals surface area contributed by atoms with Crippen LogP contribution >= 0.6 is 23.6 Å². The Morgan fingerprint density at radius 3 is 3.08 bits per heavy atom. The first-order valence-electron chi connectivity index (χ1n) is 3.33. The molecule has 0 aliphatic rings. The van der Waals surface area contributed by atoms with Crippen molar-refractivity contribution in [2.24, 2.45) is 0 Å². The van der Waals surface area contributed by atoms with Crippen LogP contribution in [0.4, 0.5) is 0 Å². The Morgan fingerprint density at radius 2 is 2.33 bits per heavy atom. The molecular weight excluding hydrogens is 188 g/mol. The third kappa shape index (κ3) is 1.04. The third-order valence-corrected chi connectivity index (χ3v) is 2.85. The van der Waals surface area contributed by atoms with E-state index in [4.69, 9.17) is 17.5 Å². The molecule has 2 nitrogen and oxygen atoms in total. The minimum absolute atomic E-state index is 0.685. The highest BCUT2D eigenvalue weighted by Crippen LogP contribution is 2.22. The normalized spacial score (nSPS) is 9.92. The Hall–Kier alpha value is -1.18. The van der Waals surface area contributed by atoms with E-state index in [9.17, 15) is 0 Å². The summed E-state index contributed by atoms with van der Waals surface area (Å²) in [7, 11) is 0. The Bertz CT molecular complexity index is 516. The van der Waals surface area contributed by atoms with Crippen LogP contribution in [0.2, 0.25) is 0 Å². The lowest BCUT2D eigenvalue weighted by molar-refractivity contribution is 1.46. The van der Waals surface area contributed by atoms with Gasteiger partial charge in [-0.05, 0) is 24.4 Å². The van der Waals surface area contributed by atoms with E-state index in [2.05, 4.69) is 11.1 Å². The van der Waals surface area contributed by atoms with Gasteiger partial charge in [0, 0.05) is 0 Å². The van der Waals surface area contributed by atoms with Crippen molar-refractivity contribution in [1.82, 2.24) is 4.98 Å². The highest BCUT2D eigenvalue weighted by molar-refractivity contribution is 7.73. The van der Waals surface area contributed by atoms with Gasteiger partial charge in [0.1, 0.15) is 6.07 Å². The van der Waals surface area contributed by atoms with Crippen LogP contribution in [-0.2, 0) is 0 Å². The van der Waals surface area contributed by atoms with Crippen LogP contribution in [0.25, 0.3) is 10.2 Å². The molecule has 0 atom stereocenters. The number of nitriles is 1. The molecule has 0 amide bonds. The average molecular weight is 192 g/mol. The smallest absolute Gasteiger partial charge is 0.159 e. The fraction of sp³-hybridized carbons (Fsp3) is 0. The van der Waals surface area contributed by atoms with Crippen molar-refractivity contribution in [3.8, 4) is 6.07 Å². The molecule has 1 aromatic heterocycles. The fourth-order valence-electron chi connectivity index (χ4n) is 1.06. The maximum absolute atomic E-state index is 8.75. The summed E-state index contributed by atoms with van der Waals surface area (Å²) >= 11 is 6.41. The van der Waals surface area contributed by atoms with E-state index in [1.165, 1.54) is 11.3 Å². The summed E-state index contributed by atoms with van der Waals surface area (Å²) in [4.78, 5) is 3.02. The lowest BCUT2D eigenvalue weighted by Gasteiger charge is -1.88. The fourth-order valence-corrected chi connectivity index (χ4v) is 2.22. The molecule has 0 fully saturated rings. The Kier molecular flexibility index (Phi) is 1.68. The second kappa shape index (κ2) is 2.70. The first-order chi connectivity index (χ1) is 5.81. The van der Waals surface area contributed by atoms with Crippen molar-refractivity contribution in [1.29, 1.82) is 5.26 Å². The Labute approximate surface area is 78.1 Å². The quantitative estimate of drug-likeness (QED) is 0.652. The van der Waals surface area contributed by atoms with Gasteiger partial charge in [0.05, 0.1) is 15.8 Å². The van der Waals surface area contributed by atoms with E-state index in [0.29, 0.717) is 9.52 Å². The van der Waals surface area contributed by atoms with Gasteiger partial charge in [-0.3, -0.25) is 0 Å². The number of hydrogen-bond acceptors (Lipinski definition) is 3. The highest BCUT2D eigenvalue weighted by Gasteiger charge is 2.01. The van der Waals surface area contributed by atoms with Crippen LogP contribution in [0.1, 0.15) is 5.56 Å². The van der Waals surface area contributed by atoms with E-state index in [1.54, 1.807) is 6.07 Å². The minimum Gasteiger partial charge on any atom is -0.337 e. The van der Waals surface area contributed by atoms with Gasteiger partial charge in [0.15, 0.2) is 3.95 Å². The average Bonchev–Trinajstić information content (AvgIpc) is 2.44. The molecule has 2 aromatic rings. The largest absolute Gasteiger partial charge is 0.337 e. The highest BCUT2D eigenvalue weighted by atomic mass is 32.1. The number of fused-ring (bicyclic) bond motifs is 1. The third-order valence-electron chi connectivity index (χ3n) is 1.57. The van der Waals surface area contributed by atoms with E-state index >= 15 is 0 Å². The second-order valence-corrected chi connectivity index (χ2v) is 4.00. The molecule has 0 bridgehead atoms. The number of H-pyrrole nitrogens is 1. The predicted molar refractivity (Wildman–Crippen MR) is 51.7 cm³/mol. The summed E-state index contributed by atoms with van der Waals surface area (Å²) in [5.74, 6) is 0. The molecule has 1 N–H and O–H groups in total. The molecule has 2 rings (SSSR count). The molecule has 0 saturated carbocycles. The van der Waals surface area contributed by atoms with Crippen LogP contribution in [-0.4, -0.2) is 4.98 Å². The maximum atomic E-state index is 8.75. The number of hydrogen-bond donors (Lipinski definition) is 1. The van der Waals surface area contributed by atoms with Crippen LogP contribution in [0, 0.1) is 15.3 Å². The molecule has 0 aliphatic carbocycles. The number of benzene rings is 1. The second-order valence-electron chi connectivity index (χ2n) is 2.31. The van der Waals surface area contributed by atoms with Gasteiger partial charge in [0.2, 0.25) is 0 Å². The van der Waals surface area contributed by atoms with Gasteiger partial charge in [-0.25, -0.2) is 0 Å². The summed E-state index contributed by atoms with van der Waals surface area (Å²) < 4.78 is 1.66. The summed E-state index contributed by atoms with van der Waals surface area (Å²) in [5.41, 5.74) is 1.63. The first kappa shape index (κ1) is 7.47. The van der Waals surface area contributed by atoms with Crippen LogP contribution < -0.4 is 0 Å². The lowest BCUT2D eigenvalue weighted by Crippen LogP contribution is -1.72. The maximum Gasteiger partial charge on any atom is 0.159 e. The molecule has 4 heteroatoms. The number of thiazole rings is 1. The topological polar surface area (TPSA) is 39.6 Å². The molecule has 0 saturated heterocycles. The molecular formula is C8H4N2S2. The Balaban J connectivity index is 2.99. The molecule has 1 heterocycles. The number of nitrogens with zero attached hydrogens (tertiary/aromatic N) is 1. The van der Waals surface area contributed by atoms with Crippen LogP contribution in [0.15, 0.2) is 18.2 Å². The zero-order valence-electron chi connectivity index (χ0n) is 6.00. The number of nitrogens with one attached hydrogen (secondary N) is 1. The zero-order valence-corrected chi connectivity index (χ0v) is 7.63. The van der Waals surface area contributed by atoms with Gasteiger partial charge in [-0.1, -0.05) is 6.07 Å². The van der Waals surface area contributed by atoms with Crippen molar-refractivity contribution < 1.29 is 0 Å². The van der Waals surface area contributed by atoms with Gasteiger partial charge in [0.25, 0.3) is 0 Å². The van der Waals surface area contributed by atoms with Crippen molar-refractivity contribution in [3.63, 3.8) is 0 Å². The molecule has 1 aromatic carbocycles. The summed E-state index contributed by atoms with van der Waals surface area (Å²) in [5, 5.41) is 8.75. The summed E-state index contributed by atoms with van der Waals surface area (Å²) in [6.07, 6.45) is 0. The van der Waals surface area contributed by atoms with Crippen molar-refractivity contribution in [2.75, 3.05) is 0 Å². The monoisotopic (exact) mass is 192 g/mol. The van der Waals surface area contributed by atoms with Crippen molar-refractivity contribution >= 4 is 33.8 Å². The standard InChI is InChI=1S/C8H4N2S2/c9-4-5-2-1-3-6-7(5)12-8(11)10-6/h1-3H,(H,10,11).